The first kappa shape index (κ1) is 16.4. The van der Waals surface area contributed by atoms with Crippen LogP contribution in [0.5, 0.6) is 5.75 Å². The Labute approximate surface area is 120 Å². The number of amides is 1. The van der Waals surface area contributed by atoms with Gasteiger partial charge in [0.05, 0.1) is 13.7 Å². The minimum absolute atomic E-state index is 0.178. The predicted molar refractivity (Wildman–Crippen MR) is 79.2 cm³/mol. The molecule has 112 valence electrons. The van der Waals surface area contributed by atoms with Crippen LogP contribution in [-0.4, -0.2) is 56.5 Å². The number of methoxy groups -OCH3 is 1. The van der Waals surface area contributed by atoms with Gasteiger partial charge in [-0.3, -0.25) is 15.1 Å². The van der Waals surface area contributed by atoms with Gasteiger partial charge in [0.1, 0.15) is 5.75 Å². The molecule has 0 bridgehead atoms. The van der Waals surface area contributed by atoms with E-state index in [1.165, 1.54) is 5.56 Å². The van der Waals surface area contributed by atoms with Gasteiger partial charge in [0.2, 0.25) is 5.91 Å². The van der Waals surface area contributed by atoms with Gasteiger partial charge in [-0.1, -0.05) is 12.1 Å². The van der Waals surface area contributed by atoms with Crippen molar-refractivity contribution in [1.82, 2.24) is 15.2 Å². The first-order valence-electron chi connectivity index (χ1n) is 6.54. The minimum Gasteiger partial charge on any atom is -0.497 e. The van der Waals surface area contributed by atoms with Crippen molar-refractivity contribution in [1.29, 1.82) is 0 Å². The van der Waals surface area contributed by atoms with Crippen molar-refractivity contribution >= 4 is 5.91 Å². The molecule has 0 saturated carbocycles. The largest absolute Gasteiger partial charge is 0.497 e. The smallest absolute Gasteiger partial charge is 0.248 e. The van der Waals surface area contributed by atoms with E-state index in [0.717, 1.165) is 25.4 Å². The van der Waals surface area contributed by atoms with Crippen molar-refractivity contribution in [2.75, 3.05) is 40.8 Å². The van der Waals surface area contributed by atoms with E-state index in [1.54, 1.807) is 7.11 Å². The number of benzene rings is 1. The quantitative estimate of drug-likeness (QED) is 0.400. The van der Waals surface area contributed by atoms with Gasteiger partial charge >= 0.3 is 0 Å². The fourth-order valence-electron chi connectivity index (χ4n) is 1.87. The Morgan fingerprint density at radius 2 is 2.00 bits per heavy atom. The molecular weight excluding hydrogens is 256 g/mol. The van der Waals surface area contributed by atoms with Crippen molar-refractivity contribution in [3.05, 3.63) is 29.8 Å². The van der Waals surface area contributed by atoms with Gasteiger partial charge in [-0.25, -0.2) is 5.84 Å². The summed E-state index contributed by atoms with van der Waals surface area (Å²) in [6.07, 6.45) is 0. The highest BCUT2D eigenvalue weighted by Gasteiger charge is 2.07. The third-order valence-corrected chi connectivity index (χ3v) is 3.02. The normalized spacial score (nSPS) is 10.9. The van der Waals surface area contributed by atoms with Crippen molar-refractivity contribution in [2.45, 2.75) is 6.54 Å². The molecule has 0 aromatic heterocycles. The Bertz CT molecular complexity index is 425. The number of carbonyl (C=O) groups excluding carboxylic acids is 1. The zero-order chi connectivity index (χ0) is 15.0. The standard InChI is InChI=1S/C14H24N4O2/c1-17(7-8-18(2)11-14(19)16-15)10-12-5-4-6-13(9-12)20-3/h4-6,9H,7-8,10-11,15H2,1-3H3,(H,16,19). The van der Waals surface area contributed by atoms with E-state index >= 15 is 0 Å². The number of nitrogens with one attached hydrogen (secondary N) is 1. The fourth-order valence-corrected chi connectivity index (χ4v) is 1.87. The number of ether oxygens (including phenoxy) is 1. The molecule has 1 aromatic carbocycles. The lowest BCUT2D eigenvalue weighted by atomic mass is 10.2. The van der Waals surface area contributed by atoms with Gasteiger partial charge in [-0.2, -0.15) is 0 Å². The lowest BCUT2D eigenvalue weighted by molar-refractivity contribution is -0.122. The molecule has 6 heteroatoms. The maximum absolute atomic E-state index is 11.1. The molecule has 0 saturated heterocycles. The average molecular weight is 280 g/mol. The van der Waals surface area contributed by atoms with Crippen LogP contribution >= 0.6 is 0 Å². The van der Waals surface area contributed by atoms with Crippen molar-refractivity contribution < 1.29 is 9.53 Å². The molecule has 0 atom stereocenters. The molecule has 6 nitrogen and oxygen atoms in total. The van der Waals surface area contributed by atoms with Crippen LogP contribution in [0.25, 0.3) is 0 Å². The number of carbonyl (C=O) groups is 1. The fraction of sp³-hybridized carbons (Fsp3) is 0.500. The van der Waals surface area contributed by atoms with Crippen LogP contribution < -0.4 is 16.0 Å². The van der Waals surface area contributed by atoms with Gasteiger partial charge in [0, 0.05) is 19.6 Å². The van der Waals surface area contributed by atoms with E-state index in [9.17, 15) is 4.79 Å². The zero-order valence-corrected chi connectivity index (χ0v) is 12.4. The maximum Gasteiger partial charge on any atom is 0.248 e. The first-order valence-corrected chi connectivity index (χ1v) is 6.54. The molecule has 1 rings (SSSR count). The number of likely N-dealkylation sites (N-methyl/N-ethyl adjacent to an activating group) is 2. The highest BCUT2D eigenvalue weighted by molar-refractivity contribution is 5.77. The molecule has 0 aliphatic rings. The minimum atomic E-state index is -0.178. The summed E-state index contributed by atoms with van der Waals surface area (Å²) in [5.41, 5.74) is 3.33. The van der Waals surface area contributed by atoms with E-state index < -0.39 is 0 Å². The summed E-state index contributed by atoms with van der Waals surface area (Å²) in [4.78, 5) is 15.3. The molecule has 0 fully saturated rings. The number of hydrogen-bond acceptors (Lipinski definition) is 5. The predicted octanol–water partition coefficient (Wildman–Crippen LogP) is 0.0487. The van der Waals surface area contributed by atoms with Crippen LogP contribution in [-0.2, 0) is 11.3 Å². The van der Waals surface area contributed by atoms with Crippen LogP contribution in [0.1, 0.15) is 5.56 Å². The average Bonchev–Trinajstić information content (AvgIpc) is 2.45. The number of rotatable bonds is 8. The van der Waals surface area contributed by atoms with Crippen molar-refractivity contribution in [3.63, 3.8) is 0 Å². The molecule has 0 spiro atoms. The van der Waals surface area contributed by atoms with E-state index in [-0.39, 0.29) is 5.91 Å². The Balaban J connectivity index is 2.35. The van der Waals surface area contributed by atoms with E-state index in [2.05, 4.69) is 23.4 Å². The number of hydrogen-bond donors (Lipinski definition) is 2. The number of nitrogens with two attached hydrogens (primary N) is 1. The maximum atomic E-state index is 11.1. The van der Waals surface area contributed by atoms with Gasteiger partial charge in [0.15, 0.2) is 0 Å². The summed E-state index contributed by atoms with van der Waals surface area (Å²) < 4.78 is 5.21. The molecule has 0 unspecified atom stereocenters. The molecule has 0 radical (unpaired) electrons. The lowest BCUT2D eigenvalue weighted by Crippen LogP contribution is -2.41. The second-order valence-corrected chi connectivity index (χ2v) is 4.89. The van der Waals surface area contributed by atoms with E-state index in [1.807, 2.05) is 30.1 Å². The van der Waals surface area contributed by atoms with Crippen LogP contribution in [0.4, 0.5) is 0 Å². The van der Waals surface area contributed by atoms with Gasteiger partial charge in [-0.15, -0.1) is 0 Å². The van der Waals surface area contributed by atoms with Crippen LogP contribution in [0.2, 0.25) is 0 Å². The highest BCUT2D eigenvalue weighted by atomic mass is 16.5. The third-order valence-electron chi connectivity index (χ3n) is 3.02. The van der Waals surface area contributed by atoms with E-state index in [0.29, 0.717) is 6.54 Å². The monoisotopic (exact) mass is 280 g/mol. The third kappa shape index (κ3) is 6.01. The van der Waals surface area contributed by atoms with Crippen molar-refractivity contribution in [2.24, 2.45) is 5.84 Å². The summed E-state index contributed by atoms with van der Waals surface area (Å²) in [7, 11) is 5.62. The highest BCUT2D eigenvalue weighted by Crippen LogP contribution is 2.13. The number of nitrogens with zero attached hydrogens (tertiary/aromatic N) is 2. The summed E-state index contributed by atoms with van der Waals surface area (Å²) in [5.74, 6) is 5.75. The molecule has 0 aliphatic heterocycles. The Morgan fingerprint density at radius 3 is 2.65 bits per heavy atom. The molecule has 0 heterocycles. The molecular formula is C14H24N4O2. The number of hydrazine groups is 1. The summed E-state index contributed by atoms with van der Waals surface area (Å²) >= 11 is 0. The second-order valence-electron chi connectivity index (χ2n) is 4.89. The van der Waals surface area contributed by atoms with E-state index in [4.69, 9.17) is 10.6 Å². The first-order chi connectivity index (χ1) is 9.55. The Kier molecular flexibility index (Phi) is 7.00. The van der Waals surface area contributed by atoms with Crippen LogP contribution in [0.15, 0.2) is 24.3 Å². The van der Waals surface area contributed by atoms with Gasteiger partial charge in [0.25, 0.3) is 0 Å². The Hall–Kier alpha value is -1.63. The molecule has 20 heavy (non-hydrogen) atoms. The summed E-state index contributed by atoms with van der Waals surface area (Å²) in [6, 6.07) is 8.02. The summed E-state index contributed by atoms with van der Waals surface area (Å²) in [6.45, 7) is 2.82. The van der Waals surface area contributed by atoms with Gasteiger partial charge in [-0.05, 0) is 31.8 Å². The topological polar surface area (TPSA) is 70.8 Å². The Morgan fingerprint density at radius 1 is 1.30 bits per heavy atom. The second kappa shape index (κ2) is 8.52. The SMILES string of the molecule is COc1cccc(CN(C)CCN(C)CC(=O)NN)c1. The molecule has 3 N–H and O–H groups in total. The summed E-state index contributed by atoms with van der Waals surface area (Å²) in [5, 5.41) is 0. The van der Waals surface area contributed by atoms with Crippen LogP contribution in [0, 0.1) is 0 Å². The molecule has 0 aliphatic carbocycles. The van der Waals surface area contributed by atoms with Crippen LogP contribution in [0.3, 0.4) is 0 Å². The zero-order valence-electron chi connectivity index (χ0n) is 12.4. The van der Waals surface area contributed by atoms with Crippen molar-refractivity contribution in [3.8, 4) is 5.75 Å². The molecule has 1 aromatic rings. The van der Waals surface area contributed by atoms with Gasteiger partial charge < -0.3 is 9.64 Å². The lowest BCUT2D eigenvalue weighted by Gasteiger charge is -2.21. The molecule has 1 amide bonds.